The molecule has 0 amide bonds. The van der Waals surface area contributed by atoms with Gasteiger partial charge in [0.05, 0.1) is 11.9 Å². The monoisotopic (exact) mass is 541 g/mol. The summed E-state index contributed by atoms with van der Waals surface area (Å²) in [6.45, 7) is 10.5. The number of nitrogens with one attached hydrogen (secondary N) is 2. The fraction of sp³-hybridized carbons (Fsp3) is 0.650. The van der Waals surface area contributed by atoms with Gasteiger partial charge in [-0.1, -0.05) is 13.8 Å². The average molecular weight is 541 g/mol. The molecule has 0 aromatic heterocycles. The summed E-state index contributed by atoms with van der Waals surface area (Å²) in [7, 11) is -3.03. The summed E-state index contributed by atoms with van der Waals surface area (Å²) >= 11 is 0. The Morgan fingerprint density at radius 2 is 1.79 bits per heavy atom. The lowest BCUT2D eigenvalue weighted by Crippen LogP contribution is -2.34. The van der Waals surface area contributed by atoms with E-state index in [2.05, 4.69) is 29.5 Å². The van der Waals surface area contributed by atoms with Crippen LogP contribution < -0.4 is 15.4 Å². The summed E-state index contributed by atoms with van der Waals surface area (Å²) in [6.07, 6.45) is 2.14. The molecule has 168 valence electrons. The molecule has 7 nitrogen and oxygen atoms in total. The molecule has 1 aromatic rings. The molecule has 0 radical (unpaired) electrons. The van der Waals surface area contributed by atoms with Crippen molar-refractivity contribution in [2.75, 3.05) is 43.6 Å². The number of nitrogens with zero attached hydrogens (tertiary/aromatic N) is 1. The number of hydrogen-bond donors (Lipinski definition) is 2. The number of ether oxygens (including phenoxy) is 2. The molecule has 9 heteroatoms. The van der Waals surface area contributed by atoms with Gasteiger partial charge in [-0.3, -0.25) is 4.99 Å². The number of rotatable bonds is 12. The van der Waals surface area contributed by atoms with Gasteiger partial charge in [0, 0.05) is 38.2 Å². The van der Waals surface area contributed by atoms with Crippen molar-refractivity contribution in [2.24, 2.45) is 10.9 Å². The summed E-state index contributed by atoms with van der Waals surface area (Å²) in [5, 5.41) is 6.27. The highest BCUT2D eigenvalue weighted by Gasteiger charge is 2.05. The molecule has 0 bridgehead atoms. The van der Waals surface area contributed by atoms with Gasteiger partial charge < -0.3 is 20.1 Å². The van der Waals surface area contributed by atoms with Crippen LogP contribution in [0.3, 0.4) is 0 Å². The Bertz CT molecular complexity index is 692. The Kier molecular flexibility index (Phi) is 14.3. The zero-order chi connectivity index (χ0) is 21.0. The molecule has 0 spiro atoms. The second kappa shape index (κ2) is 14.8. The van der Waals surface area contributed by atoms with E-state index in [1.807, 2.05) is 38.1 Å². The third kappa shape index (κ3) is 15.4. The lowest BCUT2D eigenvalue weighted by molar-refractivity contribution is 0.109. The Hall–Kier alpha value is -1.07. The number of aliphatic imine (C=N–C) groups is 1. The van der Waals surface area contributed by atoms with Gasteiger partial charge in [-0.2, -0.15) is 0 Å². The largest absolute Gasteiger partial charge is 0.491 e. The molecular weight excluding hydrogens is 505 g/mol. The zero-order valence-corrected chi connectivity index (χ0v) is 21.3. The maximum absolute atomic E-state index is 11.4. The molecule has 0 aliphatic rings. The summed E-state index contributed by atoms with van der Waals surface area (Å²) in [6, 6.07) is 7.57. The normalized spacial score (nSPS) is 12.0. The Balaban J connectivity index is 0.00000784. The maximum atomic E-state index is 11.4. The van der Waals surface area contributed by atoms with Gasteiger partial charge in [0.15, 0.2) is 5.96 Å². The molecule has 2 N–H and O–H groups in total. The van der Waals surface area contributed by atoms with Crippen LogP contribution in [0.25, 0.3) is 0 Å². The lowest BCUT2D eigenvalue weighted by atomic mass is 10.2. The molecule has 1 rings (SSSR count). The molecule has 1 aromatic carbocycles. The number of guanidine groups is 1. The highest BCUT2D eigenvalue weighted by Crippen LogP contribution is 2.16. The highest BCUT2D eigenvalue weighted by atomic mass is 127. The van der Waals surface area contributed by atoms with Gasteiger partial charge in [0.1, 0.15) is 15.6 Å². The Morgan fingerprint density at radius 3 is 2.34 bits per heavy atom. The van der Waals surface area contributed by atoms with Crippen molar-refractivity contribution < 1.29 is 17.9 Å². The highest BCUT2D eigenvalue weighted by molar-refractivity contribution is 14.0. The second-order valence-electron chi connectivity index (χ2n) is 7.43. The molecule has 0 saturated heterocycles. The number of benzene rings is 1. The van der Waals surface area contributed by atoms with Crippen molar-refractivity contribution in [2.45, 2.75) is 40.2 Å². The van der Waals surface area contributed by atoms with Crippen LogP contribution >= 0.6 is 24.0 Å². The van der Waals surface area contributed by atoms with E-state index in [-0.39, 0.29) is 35.8 Å². The zero-order valence-electron chi connectivity index (χ0n) is 18.1. The topological polar surface area (TPSA) is 89.0 Å². The molecule has 0 heterocycles. The van der Waals surface area contributed by atoms with Crippen molar-refractivity contribution in [3.05, 3.63) is 24.3 Å². The number of halogens is 1. The van der Waals surface area contributed by atoms with E-state index in [1.165, 1.54) is 6.26 Å². The fourth-order valence-electron chi connectivity index (χ4n) is 2.20. The van der Waals surface area contributed by atoms with Crippen LogP contribution in [-0.2, 0) is 14.6 Å². The minimum absolute atomic E-state index is 0. The first-order chi connectivity index (χ1) is 13.2. The van der Waals surface area contributed by atoms with Crippen molar-refractivity contribution >= 4 is 45.5 Å². The summed E-state index contributed by atoms with van der Waals surface area (Å²) in [4.78, 5) is 4.51. The number of anilines is 1. The first-order valence-electron chi connectivity index (χ1n) is 9.73. The first kappa shape index (κ1) is 27.9. The summed E-state index contributed by atoms with van der Waals surface area (Å²) in [5.74, 6) is 1.91. The van der Waals surface area contributed by atoms with Gasteiger partial charge in [-0.25, -0.2) is 8.42 Å². The van der Waals surface area contributed by atoms with E-state index < -0.39 is 9.84 Å². The van der Waals surface area contributed by atoms with E-state index >= 15 is 0 Å². The lowest BCUT2D eigenvalue weighted by Gasteiger charge is -2.14. The van der Waals surface area contributed by atoms with Gasteiger partial charge in [0.25, 0.3) is 0 Å². The molecule has 0 atom stereocenters. The SMILES string of the molecule is CC(C)COCCCN=C(NCCS(C)(=O)=O)Nc1ccc(OC(C)C)cc1.I. The predicted molar refractivity (Wildman–Crippen MR) is 132 cm³/mol. The van der Waals surface area contributed by atoms with Gasteiger partial charge in [0.2, 0.25) is 0 Å². The molecule has 0 unspecified atom stereocenters. The Labute approximate surface area is 193 Å². The smallest absolute Gasteiger partial charge is 0.195 e. The van der Waals surface area contributed by atoms with Crippen molar-refractivity contribution in [3.8, 4) is 5.75 Å². The van der Waals surface area contributed by atoms with Crippen molar-refractivity contribution in [3.63, 3.8) is 0 Å². The van der Waals surface area contributed by atoms with Crippen LogP contribution in [0, 0.1) is 5.92 Å². The van der Waals surface area contributed by atoms with Crippen LogP contribution in [-0.4, -0.2) is 58.8 Å². The van der Waals surface area contributed by atoms with E-state index in [1.54, 1.807) is 0 Å². The van der Waals surface area contributed by atoms with Crippen LogP contribution in [0.5, 0.6) is 5.75 Å². The minimum atomic E-state index is -3.03. The number of hydrogen-bond acceptors (Lipinski definition) is 5. The second-order valence-corrected chi connectivity index (χ2v) is 9.69. The molecule has 29 heavy (non-hydrogen) atoms. The summed E-state index contributed by atoms with van der Waals surface area (Å²) < 4.78 is 33.9. The van der Waals surface area contributed by atoms with Gasteiger partial charge in [-0.15, -0.1) is 24.0 Å². The van der Waals surface area contributed by atoms with Crippen LogP contribution in [0.4, 0.5) is 5.69 Å². The average Bonchev–Trinajstić information content (AvgIpc) is 2.57. The third-order valence-corrected chi connectivity index (χ3v) is 4.37. The summed E-state index contributed by atoms with van der Waals surface area (Å²) in [5.41, 5.74) is 0.845. The molecule has 0 fully saturated rings. The van der Waals surface area contributed by atoms with E-state index in [0.29, 0.717) is 31.6 Å². The van der Waals surface area contributed by atoms with E-state index in [4.69, 9.17) is 9.47 Å². The Morgan fingerprint density at radius 1 is 1.14 bits per heavy atom. The molecule has 0 saturated carbocycles. The van der Waals surface area contributed by atoms with Crippen LogP contribution in [0.2, 0.25) is 0 Å². The van der Waals surface area contributed by atoms with Crippen molar-refractivity contribution in [1.82, 2.24) is 5.32 Å². The predicted octanol–water partition coefficient (Wildman–Crippen LogP) is 3.56. The van der Waals surface area contributed by atoms with E-state index in [0.717, 1.165) is 24.5 Å². The quantitative estimate of drug-likeness (QED) is 0.182. The van der Waals surface area contributed by atoms with Gasteiger partial charge >= 0.3 is 0 Å². The minimum Gasteiger partial charge on any atom is -0.491 e. The van der Waals surface area contributed by atoms with Crippen molar-refractivity contribution in [1.29, 1.82) is 0 Å². The first-order valence-corrected chi connectivity index (χ1v) is 11.8. The maximum Gasteiger partial charge on any atom is 0.195 e. The molecular formula is C20H36IN3O4S. The molecule has 0 aliphatic heterocycles. The van der Waals surface area contributed by atoms with Gasteiger partial charge in [-0.05, 0) is 50.5 Å². The fourth-order valence-corrected chi connectivity index (χ4v) is 2.67. The third-order valence-electron chi connectivity index (χ3n) is 3.42. The van der Waals surface area contributed by atoms with Crippen LogP contribution in [0.1, 0.15) is 34.1 Å². The van der Waals surface area contributed by atoms with Crippen LogP contribution in [0.15, 0.2) is 29.3 Å². The standard InChI is InChI=1S/C20H35N3O4S.HI/c1-16(2)15-26-13-6-11-21-20(22-12-14-28(5,24)25)23-18-7-9-19(10-8-18)27-17(3)4;/h7-10,16-17H,6,11-15H2,1-5H3,(H2,21,22,23);1H. The molecule has 0 aliphatic carbocycles. The number of sulfone groups is 1. The van der Waals surface area contributed by atoms with E-state index in [9.17, 15) is 8.42 Å².